The molecule has 2 aliphatic heterocycles. The van der Waals surface area contributed by atoms with E-state index in [0.717, 1.165) is 24.0 Å². The molecule has 4 aromatic rings. The first-order valence-corrected chi connectivity index (χ1v) is 14.4. The minimum absolute atomic E-state index is 0.0113. The summed E-state index contributed by atoms with van der Waals surface area (Å²) < 4.78 is 12.9. The van der Waals surface area contributed by atoms with E-state index in [9.17, 15) is 9.59 Å². The molecule has 42 heavy (non-hydrogen) atoms. The normalized spacial score (nSPS) is 17.6. The molecular weight excluding hydrogens is 532 g/mol. The highest BCUT2D eigenvalue weighted by Crippen LogP contribution is 2.37. The second kappa shape index (κ2) is 11.5. The van der Waals surface area contributed by atoms with Crippen molar-refractivity contribution in [2.24, 2.45) is 0 Å². The molecule has 0 radical (unpaired) electrons. The van der Waals surface area contributed by atoms with Crippen LogP contribution in [-0.4, -0.2) is 69.8 Å². The first-order chi connectivity index (χ1) is 20.3. The average molecular weight is 569 g/mol. The van der Waals surface area contributed by atoms with E-state index in [0.29, 0.717) is 43.6 Å². The molecule has 10 heteroatoms. The number of rotatable bonds is 7. The van der Waals surface area contributed by atoms with Crippen molar-refractivity contribution < 1.29 is 14.3 Å². The molecular formula is C32H36N6O4. The topological polar surface area (TPSA) is 102 Å². The van der Waals surface area contributed by atoms with Gasteiger partial charge in [-0.25, -0.2) is 9.78 Å². The Hall–Kier alpha value is -4.28. The molecule has 218 valence electrons. The molecule has 2 aliphatic rings. The number of nitrogens with zero attached hydrogens (tertiary/aromatic N) is 5. The van der Waals surface area contributed by atoms with Gasteiger partial charge < -0.3 is 19.7 Å². The Balaban J connectivity index is 1.12. The highest BCUT2D eigenvalue weighted by Gasteiger charge is 2.46. The Labute approximate surface area is 244 Å². The molecule has 2 saturated heterocycles. The van der Waals surface area contributed by atoms with Crippen LogP contribution in [0.1, 0.15) is 44.0 Å². The zero-order chi connectivity index (χ0) is 29.3. The van der Waals surface area contributed by atoms with E-state index in [-0.39, 0.29) is 29.3 Å². The van der Waals surface area contributed by atoms with E-state index in [1.807, 2.05) is 32.0 Å². The van der Waals surface area contributed by atoms with Crippen LogP contribution in [0.25, 0.3) is 11.0 Å². The van der Waals surface area contributed by atoms with E-state index in [2.05, 4.69) is 51.4 Å². The SMILES string of the molecule is CC(C)n1c(=O)ccc2cnc(N[C@@H](C)c3ccc(C4(N5CCN(C(=O)Oc6ccccc6)CC5)COC4)cc3)nc21. The van der Waals surface area contributed by atoms with Gasteiger partial charge in [0.2, 0.25) is 5.95 Å². The van der Waals surface area contributed by atoms with E-state index in [1.165, 1.54) is 5.56 Å². The van der Waals surface area contributed by atoms with E-state index in [1.54, 1.807) is 39.9 Å². The van der Waals surface area contributed by atoms with E-state index >= 15 is 0 Å². The molecule has 0 unspecified atom stereocenters. The number of piperazine rings is 1. The highest BCUT2D eigenvalue weighted by molar-refractivity contribution is 5.75. The number of carbonyl (C=O) groups is 1. The van der Waals surface area contributed by atoms with Gasteiger partial charge in [0.25, 0.3) is 5.56 Å². The summed E-state index contributed by atoms with van der Waals surface area (Å²) in [6.45, 7) is 9.94. The standard InChI is InChI=1S/C32H36N6O4/c1-22(2)38-28(39)14-11-25-19-33-30(35-29(25)38)34-23(3)24-9-12-26(13-10-24)32(20-41-21-32)37-17-15-36(16-18-37)31(40)42-27-7-5-4-6-8-27/h4-14,19,22-23H,15-18,20-21H2,1-3H3,(H,33,34,35)/t23-/m0/s1. The third kappa shape index (κ3) is 5.35. The lowest BCUT2D eigenvalue weighted by Crippen LogP contribution is -2.64. The van der Waals surface area contributed by atoms with Crippen molar-refractivity contribution in [2.45, 2.75) is 38.4 Å². The van der Waals surface area contributed by atoms with Gasteiger partial charge in [-0.2, -0.15) is 4.98 Å². The number of para-hydroxylation sites is 1. The van der Waals surface area contributed by atoms with E-state index < -0.39 is 0 Å². The summed E-state index contributed by atoms with van der Waals surface area (Å²) in [6.07, 6.45) is 1.44. The second-order valence-electron chi connectivity index (χ2n) is 11.3. The molecule has 1 amide bonds. The van der Waals surface area contributed by atoms with Crippen molar-refractivity contribution in [3.8, 4) is 5.75 Å². The number of benzene rings is 2. The molecule has 0 spiro atoms. The molecule has 1 N–H and O–H groups in total. The van der Waals surface area contributed by atoms with Gasteiger partial charge in [-0.3, -0.25) is 14.3 Å². The number of carbonyl (C=O) groups excluding carboxylic acids is 1. The zero-order valence-corrected chi connectivity index (χ0v) is 24.2. The monoisotopic (exact) mass is 568 g/mol. The number of hydrogen-bond donors (Lipinski definition) is 1. The fourth-order valence-electron chi connectivity index (χ4n) is 5.76. The number of amides is 1. The summed E-state index contributed by atoms with van der Waals surface area (Å²) in [5.41, 5.74) is 2.65. The average Bonchev–Trinajstić information content (AvgIpc) is 2.97. The summed E-state index contributed by atoms with van der Waals surface area (Å²) in [4.78, 5) is 38.5. The molecule has 0 saturated carbocycles. The summed E-state index contributed by atoms with van der Waals surface area (Å²) >= 11 is 0. The van der Waals surface area contributed by atoms with Crippen molar-refractivity contribution in [3.05, 3.63) is 94.4 Å². The van der Waals surface area contributed by atoms with Crippen LogP contribution >= 0.6 is 0 Å². The smallest absolute Gasteiger partial charge is 0.410 e. The number of anilines is 1. The van der Waals surface area contributed by atoms with Gasteiger partial charge in [0, 0.05) is 49.9 Å². The first-order valence-electron chi connectivity index (χ1n) is 14.4. The Kier molecular flexibility index (Phi) is 7.66. The van der Waals surface area contributed by atoms with Gasteiger partial charge in [-0.15, -0.1) is 0 Å². The minimum atomic E-state index is -0.312. The lowest BCUT2D eigenvalue weighted by atomic mass is 9.84. The van der Waals surface area contributed by atoms with Crippen LogP contribution in [-0.2, 0) is 10.3 Å². The number of fused-ring (bicyclic) bond motifs is 1. The predicted octanol–water partition coefficient (Wildman–Crippen LogP) is 4.59. The Morgan fingerprint density at radius 1 is 0.952 bits per heavy atom. The number of ether oxygens (including phenoxy) is 2. The van der Waals surface area contributed by atoms with Gasteiger partial charge in [0.05, 0.1) is 24.8 Å². The van der Waals surface area contributed by atoms with E-state index in [4.69, 9.17) is 9.47 Å². The minimum Gasteiger partial charge on any atom is -0.410 e. The van der Waals surface area contributed by atoms with Crippen molar-refractivity contribution in [3.63, 3.8) is 0 Å². The number of hydrogen-bond acceptors (Lipinski definition) is 8. The Morgan fingerprint density at radius 3 is 2.31 bits per heavy atom. The molecule has 2 aromatic carbocycles. The van der Waals surface area contributed by atoms with Crippen LogP contribution in [0.2, 0.25) is 0 Å². The molecule has 2 aromatic heterocycles. The van der Waals surface area contributed by atoms with Gasteiger partial charge in [-0.05, 0) is 50.1 Å². The van der Waals surface area contributed by atoms with Gasteiger partial charge >= 0.3 is 6.09 Å². The molecule has 6 rings (SSSR count). The van der Waals surface area contributed by atoms with Crippen LogP contribution in [0, 0.1) is 0 Å². The van der Waals surface area contributed by atoms with Crippen LogP contribution in [0.3, 0.4) is 0 Å². The maximum Gasteiger partial charge on any atom is 0.415 e. The molecule has 0 aliphatic carbocycles. The van der Waals surface area contributed by atoms with Gasteiger partial charge in [0.1, 0.15) is 11.4 Å². The zero-order valence-electron chi connectivity index (χ0n) is 24.2. The third-order valence-electron chi connectivity index (χ3n) is 8.25. The van der Waals surface area contributed by atoms with Crippen molar-refractivity contribution in [1.82, 2.24) is 24.3 Å². The van der Waals surface area contributed by atoms with Crippen molar-refractivity contribution in [1.29, 1.82) is 0 Å². The lowest BCUT2D eigenvalue weighted by molar-refractivity contribution is -0.154. The number of nitrogens with one attached hydrogen (secondary N) is 1. The fourth-order valence-corrected chi connectivity index (χ4v) is 5.76. The molecule has 1 atom stereocenters. The van der Waals surface area contributed by atoms with Crippen LogP contribution < -0.4 is 15.6 Å². The third-order valence-corrected chi connectivity index (χ3v) is 8.25. The Bertz CT molecular complexity index is 1610. The van der Waals surface area contributed by atoms with Crippen molar-refractivity contribution in [2.75, 3.05) is 44.7 Å². The first kappa shape index (κ1) is 27.9. The van der Waals surface area contributed by atoms with Crippen LogP contribution in [0.5, 0.6) is 5.75 Å². The lowest BCUT2D eigenvalue weighted by Gasteiger charge is -2.52. The summed E-state index contributed by atoms with van der Waals surface area (Å²) in [7, 11) is 0. The summed E-state index contributed by atoms with van der Waals surface area (Å²) in [5, 5.41) is 4.22. The van der Waals surface area contributed by atoms with Gasteiger partial charge in [0.15, 0.2) is 0 Å². The largest absolute Gasteiger partial charge is 0.415 e. The second-order valence-corrected chi connectivity index (χ2v) is 11.3. The maximum atomic E-state index is 12.7. The number of pyridine rings is 1. The fraction of sp³-hybridized carbons (Fsp3) is 0.375. The Morgan fingerprint density at radius 2 is 1.67 bits per heavy atom. The van der Waals surface area contributed by atoms with Crippen molar-refractivity contribution >= 4 is 23.1 Å². The van der Waals surface area contributed by atoms with Gasteiger partial charge in [-0.1, -0.05) is 42.5 Å². The molecule has 0 bridgehead atoms. The quantitative estimate of drug-likeness (QED) is 0.346. The highest BCUT2D eigenvalue weighted by atomic mass is 16.6. The molecule has 4 heterocycles. The molecule has 2 fully saturated rings. The molecule has 10 nitrogen and oxygen atoms in total. The number of aromatic nitrogens is 3. The summed E-state index contributed by atoms with van der Waals surface area (Å²) in [5.74, 6) is 1.03. The maximum absolute atomic E-state index is 12.7. The summed E-state index contributed by atoms with van der Waals surface area (Å²) in [6, 6.07) is 21.0. The van der Waals surface area contributed by atoms with Crippen LogP contribution in [0.4, 0.5) is 10.7 Å². The van der Waals surface area contributed by atoms with Crippen LogP contribution in [0.15, 0.2) is 77.7 Å². The predicted molar refractivity (Wildman–Crippen MR) is 161 cm³/mol.